The Morgan fingerprint density at radius 1 is 0.958 bits per heavy atom. The van der Waals surface area contributed by atoms with E-state index in [1.807, 2.05) is 0 Å². The van der Waals surface area contributed by atoms with Crippen LogP contribution in [-0.4, -0.2) is 18.1 Å². The number of ether oxygens (including phenoxy) is 1. The zero-order valence-corrected chi connectivity index (χ0v) is 14.2. The summed E-state index contributed by atoms with van der Waals surface area (Å²) in [5, 5.41) is 3.67. The van der Waals surface area contributed by atoms with E-state index in [0.717, 1.165) is 43.9 Å². The minimum absolute atomic E-state index is 0.439. The second kappa shape index (κ2) is 5.60. The first-order chi connectivity index (χ1) is 11.7. The number of rotatable bonds is 3. The molecule has 1 saturated heterocycles. The summed E-state index contributed by atoms with van der Waals surface area (Å²) in [4.78, 5) is 14.8. The van der Waals surface area contributed by atoms with Gasteiger partial charge < -0.3 is 4.74 Å². The van der Waals surface area contributed by atoms with Gasteiger partial charge in [-0.1, -0.05) is 5.11 Å². The van der Waals surface area contributed by atoms with Crippen LogP contribution in [0.1, 0.15) is 64.2 Å². The second-order valence-electron chi connectivity index (χ2n) is 8.89. The predicted octanol–water partition coefficient (Wildman–Crippen LogP) is 4.70. The van der Waals surface area contributed by atoms with Crippen molar-refractivity contribution in [1.82, 2.24) is 0 Å². The van der Waals surface area contributed by atoms with Gasteiger partial charge in [0.25, 0.3) is 0 Å². The summed E-state index contributed by atoms with van der Waals surface area (Å²) in [6, 6.07) is 0. The van der Waals surface area contributed by atoms with E-state index in [0.29, 0.717) is 24.3 Å². The van der Waals surface area contributed by atoms with Crippen molar-refractivity contribution >= 4 is 0 Å². The summed E-state index contributed by atoms with van der Waals surface area (Å²) >= 11 is 0. The second-order valence-corrected chi connectivity index (χ2v) is 8.89. The van der Waals surface area contributed by atoms with Crippen LogP contribution in [0, 0.1) is 29.6 Å². The van der Waals surface area contributed by atoms with Crippen molar-refractivity contribution in [1.29, 1.82) is 0 Å². The van der Waals surface area contributed by atoms with Crippen LogP contribution in [-0.2, 0) is 14.5 Å². The first kappa shape index (κ1) is 15.4. The van der Waals surface area contributed by atoms with Crippen LogP contribution >= 0.6 is 0 Å². The van der Waals surface area contributed by atoms with Gasteiger partial charge in [0.2, 0.25) is 11.6 Å². The molecule has 6 aliphatic rings. The molecule has 0 aromatic rings. The number of hydrogen-bond acceptors (Lipinski definition) is 4. The Kier molecular flexibility index (Phi) is 3.60. The average molecular weight is 333 g/mol. The SMILES string of the molecule is [N-]=[N+]=NCCC1CCC2(CC1)OOC1(O2)C2CC3CC(C2)CC1C3. The van der Waals surface area contributed by atoms with E-state index in [-0.39, 0.29) is 0 Å². The molecule has 0 amide bonds. The maximum absolute atomic E-state index is 8.41. The molecule has 24 heavy (non-hydrogen) atoms. The molecule has 0 atom stereocenters. The molecular formula is C18H27N3O3. The summed E-state index contributed by atoms with van der Waals surface area (Å²) in [6.45, 7) is 0.600. The smallest absolute Gasteiger partial charge is 0.210 e. The van der Waals surface area contributed by atoms with Crippen LogP contribution in [0.25, 0.3) is 10.4 Å². The molecular weight excluding hydrogens is 306 g/mol. The molecule has 0 aromatic carbocycles. The maximum atomic E-state index is 8.41. The molecule has 4 bridgehead atoms. The number of nitrogens with zero attached hydrogens (tertiary/aromatic N) is 3. The van der Waals surface area contributed by atoms with Crippen LogP contribution in [0.4, 0.5) is 0 Å². The fourth-order valence-electron chi connectivity index (χ4n) is 6.49. The molecule has 0 unspecified atom stereocenters. The monoisotopic (exact) mass is 333 g/mol. The van der Waals surface area contributed by atoms with E-state index in [1.54, 1.807) is 0 Å². The Hall–Kier alpha value is -0.810. The van der Waals surface area contributed by atoms with Gasteiger partial charge in [-0.15, -0.1) is 0 Å². The lowest BCUT2D eigenvalue weighted by Gasteiger charge is -2.57. The Bertz CT molecular complexity index is 524. The summed E-state index contributed by atoms with van der Waals surface area (Å²) < 4.78 is 6.70. The Labute approximate surface area is 142 Å². The molecule has 6 nitrogen and oxygen atoms in total. The van der Waals surface area contributed by atoms with Gasteiger partial charge in [-0.2, -0.15) is 9.78 Å². The zero-order valence-electron chi connectivity index (χ0n) is 14.2. The van der Waals surface area contributed by atoms with Crippen molar-refractivity contribution in [2.45, 2.75) is 75.8 Å². The highest BCUT2D eigenvalue weighted by Gasteiger charge is 2.66. The van der Waals surface area contributed by atoms with Gasteiger partial charge >= 0.3 is 0 Å². The molecule has 0 N–H and O–H groups in total. The van der Waals surface area contributed by atoms with Crippen LogP contribution < -0.4 is 0 Å². The van der Waals surface area contributed by atoms with Crippen molar-refractivity contribution in [2.75, 3.05) is 6.54 Å². The Balaban J connectivity index is 1.26. The molecule has 0 aromatic heterocycles. The predicted molar refractivity (Wildman–Crippen MR) is 86.4 cm³/mol. The average Bonchev–Trinajstić information content (AvgIpc) is 2.95. The molecule has 1 aliphatic heterocycles. The first-order valence-electron chi connectivity index (χ1n) is 9.79. The largest absolute Gasteiger partial charge is 0.312 e. The Morgan fingerprint density at radius 2 is 1.62 bits per heavy atom. The third-order valence-electron chi connectivity index (χ3n) is 7.51. The van der Waals surface area contributed by atoms with E-state index in [2.05, 4.69) is 10.0 Å². The van der Waals surface area contributed by atoms with E-state index in [4.69, 9.17) is 20.0 Å². The summed E-state index contributed by atoms with van der Waals surface area (Å²) in [5.74, 6) is 2.54. The quantitative estimate of drug-likeness (QED) is 0.325. The minimum Gasteiger partial charge on any atom is -0.312 e. The number of azide groups is 1. The molecule has 5 saturated carbocycles. The molecule has 6 fully saturated rings. The van der Waals surface area contributed by atoms with E-state index in [1.165, 1.54) is 32.1 Å². The van der Waals surface area contributed by atoms with Crippen molar-refractivity contribution in [3.63, 3.8) is 0 Å². The lowest BCUT2D eigenvalue weighted by atomic mass is 9.53. The molecule has 6 rings (SSSR count). The fraction of sp³-hybridized carbons (Fsp3) is 1.00. The van der Waals surface area contributed by atoms with Crippen molar-refractivity contribution in [3.05, 3.63) is 10.4 Å². The first-order valence-corrected chi connectivity index (χ1v) is 9.79. The highest BCUT2D eigenvalue weighted by molar-refractivity contribution is 5.05. The molecule has 5 aliphatic carbocycles. The van der Waals surface area contributed by atoms with Gasteiger partial charge in [0, 0.05) is 36.1 Å². The van der Waals surface area contributed by atoms with Crippen molar-refractivity contribution < 1.29 is 14.5 Å². The van der Waals surface area contributed by atoms with Crippen LogP contribution in [0.5, 0.6) is 0 Å². The molecule has 2 spiro atoms. The minimum atomic E-state index is -0.510. The van der Waals surface area contributed by atoms with E-state index >= 15 is 0 Å². The third-order valence-corrected chi connectivity index (χ3v) is 7.51. The molecule has 132 valence electrons. The van der Waals surface area contributed by atoms with Crippen LogP contribution in [0.3, 0.4) is 0 Å². The normalized spacial score (nSPS) is 52.1. The van der Waals surface area contributed by atoms with Gasteiger partial charge in [-0.3, -0.25) is 0 Å². The van der Waals surface area contributed by atoms with Gasteiger partial charge in [-0.25, -0.2) is 0 Å². The van der Waals surface area contributed by atoms with Gasteiger partial charge in [0.15, 0.2) is 0 Å². The van der Waals surface area contributed by atoms with Gasteiger partial charge in [0.1, 0.15) is 0 Å². The molecule has 1 heterocycles. The zero-order chi connectivity index (χ0) is 16.2. The van der Waals surface area contributed by atoms with E-state index in [9.17, 15) is 0 Å². The van der Waals surface area contributed by atoms with Crippen LogP contribution in [0.15, 0.2) is 5.11 Å². The standard InChI is InChI=1S/C18H27N3O3/c19-21-20-6-3-12-1-4-17(5-2-12)22-18(24-23-17)15-8-13-7-14(10-15)11-16(18)9-13/h12-16H,1-11H2. The summed E-state index contributed by atoms with van der Waals surface area (Å²) in [5.41, 5.74) is 8.41. The van der Waals surface area contributed by atoms with Gasteiger partial charge in [-0.05, 0) is 74.7 Å². The Morgan fingerprint density at radius 3 is 2.25 bits per heavy atom. The molecule has 0 radical (unpaired) electrons. The summed E-state index contributed by atoms with van der Waals surface area (Å²) in [7, 11) is 0. The van der Waals surface area contributed by atoms with Crippen molar-refractivity contribution in [3.8, 4) is 0 Å². The molecule has 6 heteroatoms. The lowest BCUT2D eigenvalue weighted by molar-refractivity contribution is -0.390. The topological polar surface area (TPSA) is 76.5 Å². The highest BCUT2D eigenvalue weighted by Crippen LogP contribution is 2.63. The third kappa shape index (κ3) is 2.31. The fourth-order valence-corrected chi connectivity index (χ4v) is 6.49. The van der Waals surface area contributed by atoms with Crippen molar-refractivity contribution in [2.24, 2.45) is 34.7 Å². The van der Waals surface area contributed by atoms with Gasteiger partial charge in [0.05, 0.1) is 0 Å². The highest BCUT2D eigenvalue weighted by atomic mass is 17.3. The summed E-state index contributed by atoms with van der Waals surface area (Å²) in [6.07, 6.45) is 11.4. The lowest BCUT2D eigenvalue weighted by Crippen LogP contribution is -2.59. The van der Waals surface area contributed by atoms with E-state index < -0.39 is 11.6 Å². The van der Waals surface area contributed by atoms with Crippen LogP contribution in [0.2, 0.25) is 0 Å². The number of hydrogen-bond donors (Lipinski definition) is 0. The maximum Gasteiger partial charge on any atom is 0.210 e.